The Morgan fingerprint density at radius 2 is 2.12 bits per heavy atom. The number of carbonyl (C=O) groups excluding carboxylic acids is 1. The number of rotatable bonds is 2. The molecule has 3 saturated heterocycles. The third-order valence-corrected chi connectivity index (χ3v) is 7.34. The number of nitrogens with zero attached hydrogens (tertiary/aromatic N) is 4. The number of likely N-dealkylation sites (tertiary alicyclic amines) is 1. The van der Waals surface area contributed by atoms with Crippen LogP contribution in [0.3, 0.4) is 0 Å². The first-order valence-corrected chi connectivity index (χ1v) is 10.6. The molecule has 0 saturated carbocycles. The fraction of sp³-hybridized carbons (Fsp3) is 0.632. The molecule has 3 aliphatic rings. The second-order valence-corrected chi connectivity index (χ2v) is 8.83. The topological polar surface area (TPSA) is 61.4 Å². The first-order valence-electron chi connectivity index (χ1n) is 9.70. The van der Waals surface area contributed by atoms with Gasteiger partial charge in [0, 0.05) is 26.2 Å². The maximum atomic E-state index is 13.3. The van der Waals surface area contributed by atoms with Crippen LogP contribution >= 0.6 is 11.3 Å². The summed E-state index contributed by atoms with van der Waals surface area (Å²) in [6.07, 6.45) is 7.15. The van der Waals surface area contributed by atoms with Crippen molar-refractivity contribution in [3.8, 4) is 0 Å². The number of fused-ring (bicyclic) bond motifs is 1. The summed E-state index contributed by atoms with van der Waals surface area (Å²) < 4.78 is 0. The molecule has 1 atom stereocenters. The molecule has 0 radical (unpaired) electrons. The highest BCUT2D eigenvalue weighted by Crippen LogP contribution is 2.38. The van der Waals surface area contributed by atoms with Crippen LogP contribution in [0.25, 0.3) is 10.2 Å². The normalized spacial score (nSPS) is 25.5. The van der Waals surface area contributed by atoms with E-state index in [1.165, 1.54) is 6.42 Å². The van der Waals surface area contributed by atoms with Gasteiger partial charge in [0.2, 0.25) is 5.91 Å². The van der Waals surface area contributed by atoms with Gasteiger partial charge in [-0.05, 0) is 55.5 Å². The zero-order valence-corrected chi connectivity index (χ0v) is 15.8. The van der Waals surface area contributed by atoms with Crippen molar-refractivity contribution in [1.29, 1.82) is 0 Å². The Morgan fingerprint density at radius 1 is 1.23 bits per heavy atom. The Bertz CT molecular complexity index is 805. The van der Waals surface area contributed by atoms with E-state index in [4.69, 9.17) is 0 Å². The zero-order valence-electron chi connectivity index (χ0n) is 15.0. The quantitative estimate of drug-likeness (QED) is 0.877. The number of aromatic nitrogens is 2. The van der Waals surface area contributed by atoms with E-state index in [0.717, 1.165) is 74.4 Å². The lowest BCUT2D eigenvalue weighted by Crippen LogP contribution is -2.51. The Balaban J connectivity index is 1.34. The second kappa shape index (κ2) is 6.46. The Kier molecular flexibility index (Phi) is 4.09. The van der Waals surface area contributed by atoms with Gasteiger partial charge >= 0.3 is 0 Å². The average Bonchev–Trinajstić information content (AvgIpc) is 3.42. The highest BCUT2D eigenvalue weighted by atomic mass is 32.1. The lowest BCUT2D eigenvalue weighted by molar-refractivity contribution is -0.134. The van der Waals surface area contributed by atoms with Gasteiger partial charge in [-0.3, -0.25) is 4.79 Å². The van der Waals surface area contributed by atoms with Crippen molar-refractivity contribution in [2.75, 3.05) is 37.6 Å². The minimum Gasteiger partial charge on any atom is -0.344 e. The lowest BCUT2D eigenvalue weighted by Gasteiger charge is -2.40. The standard InChI is InChI=1S/C19H25N5OS/c25-18(23-9-5-19(6-10-23)4-7-20-12-19)15-2-1-8-24(15)16-14-3-11-26-17(14)22-13-21-16/h3,11,13,15,20H,1-2,4-10,12H2. The van der Waals surface area contributed by atoms with Crippen molar-refractivity contribution < 1.29 is 4.79 Å². The molecule has 2 aromatic heterocycles. The molecule has 1 amide bonds. The molecule has 0 bridgehead atoms. The molecule has 3 fully saturated rings. The van der Waals surface area contributed by atoms with Crippen molar-refractivity contribution in [3.05, 3.63) is 17.8 Å². The van der Waals surface area contributed by atoms with Crippen LogP contribution < -0.4 is 10.2 Å². The van der Waals surface area contributed by atoms with Crippen LogP contribution in [-0.2, 0) is 4.79 Å². The van der Waals surface area contributed by atoms with Crippen molar-refractivity contribution in [2.45, 2.75) is 38.1 Å². The van der Waals surface area contributed by atoms with Crippen molar-refractivity contribution in [2.24, 2.45) is 5.41 Å². The lowest BCUT2D eigenvalue weighted by atomic mass is 9.77. The largest absolute Gasteiger partial charge is 0.344 e. The number of hydrogen-bond acceptors (Lipinski definition) is 6. The maximum Gasteiger partial charge on any atom is 0.245 e. The van der Waals surface area contributed by atoms with Crippen LogP contribution in [0.2, 0.25) is 0 Å². The Labute approximate surface area is 157 Å². The molecule has 3 aliphatic heterocycles. The molecular weight excluding hydrogens is 346 g/mol. The number of piperidine rings is 1. The Hall–Kier alpha value is -1.73. The second-order valence-electron chi connectivity index (χ2n) is 7.94. The molecule has 6 nitrogen and oxygen atoms in total. The van der Waals surface area contributed by atoms with Crippen LogP contribution in [0.5, 0.6) is 0 Å². The highest BCUT2D eigenvalue weighted by molar-refractivity contribution is 7.16. The van der Waals surface area contributed by atoms with Crippen LogP contribution in [0.1, 0.15) is 32.1 Å². The first kappa shape index (κ1) is 16.4. The van der Waals surface area contributed by atoms with Gasteiger partial charge in [0.25, 0.3) is 0 Å². The van der Waals surface area contributed by atoms with E-state index in [1.807, 2.05) is 0 Å². The number of hydrogen-bond donors (Lipinski definition) is 1. The van der Waals surface area contributed by atoms with Crippen molar-refractivity contribution in [3.63, 3.8) is 0 Å². The summed E-state index contributed by atoms with van der Waals surface area (Å²) in [5.41, 5.74) is 0.446. The van der Waals surface area contributed by atoms with Crippen LogP contribution in [0.4, 0.5) is 5.82 Å². The third kappa shape index (κ3) is 2.68. The van der Waals surface area contributed by atoms with E-state index in [1.54, 1.807) is 17.7 Å². The van der Waals surface area contributed by atoms with Gasteiger partial charge in [-0.2, -0.15) is 0 Å². The first-order chi connectivity index (χ1) is 12.8. The summed E-state index contributed by atoms with van der Waals surface area (Å²) in [5.74, 6) is 1.23. The summed E-state index contributed by atoms with van der Waals surface area (Å²) in [6, 6.07) is 2.01. The van der Waals surface area contributed by atoms with Crippen molar-refractivity contribution in [1.82, 2.24) is 20.2 Å². The van der Waals surface area contributed by atoms with E-state index in [9.17, 15) is 4.79 Å². The van der Waals surface area contributed by atoms with Gasteiger partial charge < -0.3 is 15.1 Å². The van der Waals surface area contributed by atoms with Gasteiger partial charge in [0.15, 0.2) is 0 Å². The van der Waals surface area contributed by atoms with E-state index >= 15 is 0 Å². The summed E-state index contributed by atoms with van der Waals surface area (Å²) in [6.45, 7) is 4.97. The SMILES string of the molecule is O=C(C1CCCN1c1ncnc2sccc12)N1CCC2(CCNC2)CC1. The number of anilines is 1. The number of nitrogens with one attached hydrogen (secondary N) is 1. The van der Waals surface area contributed by atoms with Gasteiger partial charge in [-0.1, -0.05) is 0 Å². The van der Waals surface area contributed by atoms with Crippen LogP contribution in [0.15, 0.2) is 17.8 Å². The molecule has 5 rings (SSSR count). The van der Waals surface area contributed by atoms with Crippen molar-refractivity contribution >= 4 is 33.3 Å². The van der Waals surface area contributed by atoms with Gasteiger partial charge in [-0.15, -0.1) is 11.3 Å². The molecule has 2 aromatic rings. The Morgan fingerprint density at radius 3 is 2.92 bits per heavy atom. The fourth-order valence-corrected chi connectivity index (χ4v) is 5.64. The van der Waals surface area contributed by atoms with Gasteiger partial charge in [0.1, 0.15) is 23.0 Å². The fourth-order valence-electron chi connectivity index (χ4n) is 4.92. The molecule has 26 heavy (non-hydrogen) atoms. The molecule has 1 spiro atoms. The highest BCUT2D eigenvalue weighted by Gasteiger charge is 2.41. The summed E-state index contributed by atoms with van der Waals surface area (Å²) >= 11 is 1.63. The maximum absolute atomic E-state index is 13.3. The van der Waals surface area contributed by atoms with Crippen LogP contribution in [-0.4, -0.2) is 59.5 Å². The molecule has 138 valence electrons. The van der Waals surface area contributed by atoms with Crippen LogP contribution in [0, 0.1) is 5.41 Å². The molecule has 1 N–H and O–H groups in total. The smallest absolute Gasteiger partial charge is 0.245 e. The van der Waals surface area contributed by atoms with Gasteiger partial charge in [-0.25, -0.2) is 9.97 Å². The molecule has 0 aromatic carbocycles. The minimum atomic E-state index is -0.0660. The van der Waals surface area contributed by atoms with E-state index < -0.39 is 0 Å². The summed E-state index contributed by atoms with van der Waals surface area (Å²) in [7, 11) is 0. The molecule has 7 heteroatoms. The average molecular weight is 372 g/mol. The summed E-state index contributed by atoms with van der Waals surface area (Å²) in [4.78, 5) is 27.5. The predicted octanol–water partition coefficient (Wildman–Crippen LogP) is 2.26. The van der Waals surface area contributed by atoms with E-state index in [0.29, 0.717) is 11.3 Å². The van der Waals surface area contributed by atoms with E-state index in [-0.39, 0.29) is 6.04 Å². The third-order valence-electron chi connectivity index (χ3n) is 6.52. The number of carbonyl (C=O) groups is 1. The van der Waals surface area contributed by atoms with Gasteiger partial charge in [0.05, 0.1) is 5.39 Å². The predicted molar refractivity (Wildman–Crippen MR) is 104 cm³/mol. The zero-order chi connectivity index (χ0) is 17.6. The molecule has 1 unspecified atom stereocenters. The summed E-state index contributed by atoms with van der Waals surface area (Å²) in [5, 5.41) is 6.63. The minimum absolute atomic E-state index is 0.0660. The van der Waals surface area contributed by atoms with E-state index in [2.05, 4.69) is 36.5 Å². The number of amides is 1. The number of thiophene rings is 1. The molecule has 0 aliphatic carbocycles. The monoisotopic (exact) mass is 371 g/mol. The molecule has 5 heterocycles. The molecular formula is C19H25N5OS.